The summed E-state index contributed by atoms with van der Waals surface area (Å²) in [6.07, 6.45) is -0.628. The lowest BCUT2D eigenvalue weighted by Gasteiger charge is -2.32. The molecular formula is C27H33N3O5S. The number of anilines is 2. The Morgan fingerprint density at radius 1 is 0.778 bits per heavy atom. The number of benzene rings is 2. The summed E-state index contributed by atoms with van der Waals surface area (Å²) < 4.78 is 20.2. The molecular weight excluding hydrogens is 478 g/mol. The number of amides is 1. The molecule has 192 valence electrons. The van der Waals surface area contributed by atoms with E-state index in [9.17, 15) is 18.6 Å². The Hall–Kier alpha value is -3.46. The second-order valence-corrected chi connectivity index (χ2v) is 12.4. The van der Waals surface area contributed by atoms with Crippen molar-refractivity contribution in [2.75, 3.05) is 10.0 Å². The molecule has 9 heteroatoms. The van der Waals surface area contributed by atoms with E-state index in [1.54, 1.807) is 41.5 Å². The van der Waals surface area contributed by atoms with Gasteiger partial charge in [0, 0.05) is 0 Å². The fourth-order valence-electron chi connectivity index (χ4n) is 3.50. The molecule has 3 N–H and O–H groups in total. The highest BCUT2D eigenvalue weighted by Gasteiger charge is 2.33. The summed E-state index contributed by atoms with van der Waals surface area (Å²) in [5.41, 5.74) is -0.647. The minimum atomic E-state index is -1.61. The van der Waals surface area contributed by atoms with E-state index in [1.807, 2.05) is 60.7 Å². The van der Waals surface area contributed by atoms with Crippen LogP contribution in [0.15, 0.2) is 70.3 Å². The Bertz CT molecular complexity index is 1290. The van der Waals surface area contributed by atoms with Crippen molar-refractivity contribution in [2.45, 2.75) is 64.0 Å². The highest BCUT2D eigenvalue weighted by Crippen LogP contribution is 2.34. The van der Waals surface area contributed by atoms with Gasteiger partial charge in [0.05, 0.1) is 16.8 Å². The smallest absolute Gasteiger partial charge is 0.408 e. The topological polar surface area (TPSA) is 114 Å². The number of carbonyl (C=O) groups excluding carboxylic acids is 1. The monoisotopic (exact) mass is 511 g/mol. The second-order valence-electron chi connectivity index (χ2n) is 10.5. The van der Waals surface area contributed by atoms with E-state index >= 15 is 0 Å². The van der Waals surface area contributed by atoms with Crippen LogP contribution in [-0.2, 0) is 15.7 Å². The predicted molar refractivity (Wildman–Crippen MR) is 144 cm³/mol. The first-order valence-electron chi connectivity index (χ1n) is 11.7. The minimum Gasteiger partial charge on any atom is -0.444 e. The molecule has 3 aromatic carbocycles. The van der Waals surface area contributed by atoms with Crippen LogP contribution in [0.5, 0.6) is 0 Å². The Labute approximate surface area is 213 Å². The van der Waals surface area contributed by atoms with Crippen LogP contribution >= 0.6 is 0 Å². The summed E-state index contributed by atoms with van der Waals surface area (Å²) in [5.74, 6) is 0. The standard InChI is InChI=1S/C27H33N3O5S/c1-26(2,3)35-25(33)29-20(18-15-11-8-12-16-18)19(17-13-9-7-10-14-17)28-21-22(24(32)23(21)31)30-36(34)27(4,5)6/h7-16,19-20,28,30H,1-6H3,(H,29,33)/t19-,20-,36?/m0/s1. The van der Waals surface area contributed by atoms with E-state index in [0.29, 0.717) is 0 Å². The van der Waals surface area contributed by atoms with E-state index < -0.39 is 50.4 Å². The molecule has 36 heavy (non-hydrogen) atoms. The van der Waals surface area contributed by atoms with E-state index in [0.717, 1.165) is 11.1 Å². The molecule has 0 spiro atoms. The Morgan fingerprint density at radius 2 is 1.25 bits per heavy atom. The molecule has 0 bridgehead atoms. The van der Waals surface area contributed by atoms with Gasteiger partial charge in [0.15, 0.2) is 0 Å². The summed E-state index contributed by atoms with van der Waals surface area (Å²) in [5, 5.41) is 6.09. The Balaban J connectivity index is 2.05. The highest BCUT2D eigenvalue weighted by molar-refractivity contribution is 7.87. The van der Waals surface area contributed by atoms with Crippen molar-refractivity contribution in [3.05, 3.63) is 92.2 Å². The van der Waals surface area contributed by atoms with Crippen LogP contribution in [0.2, 0.25) is 0 Å². The largest absolute Gasteiger partial charge is 0.444 e. The molecule has 0 aliphatic rings. The maximum atomic E-state index is 12.8. The molecule has 0 radical (unpaired) electrons. The third kappa shape index (κ3) is 6.60. The summed E-state index contributed by atoms with van der Waals surface area (Å²) >= 11 is 0. The van der Waals surface area contributed by atoms with Crippen LogP contribution in [0.4, 0.5) is 16.2 Å². The van der Waals surface area contributed by atoms with E-state index in [4.69, 9.17) is 4.74 Å². The van der Waals surface area contributed by atoms with Crippen LogP contribution in [-0.4, -0.2) is 20.7 Å². The lowest BCUT2D eigenvalue weighted by atomic mass is 9.92. The van der Waals surface area contributed by atoms with Gasteiger partial charge in [0.25, 0.3) is 10.9 Å². The number of ether oxygens (including phenoxy) is 1. The molecule has 1 amide bonds. The van der Waals surface area contributed by atoms with Gasteiger partial charge in [-0.25, -0.2) is 9.00 Å². The number of nitrogens with one attached hydrogen (secondary N) is 3. The van der Waals surface area contributed by atoms with Crippen molar-refractivity contribution in [1.82, 2.24) is 5.32 Å². The second kappa shape index (κ2) is 10.7. The molecule has 8 nitrogen and oxygen atoms in total. The van der Waals surface area contributed by atoms with Gasteiger partial charge < -0.3 is 15.4 Å². The predicted octanol–water partition coefficient (Wildman–Crippen LogP) is 4.58. The van der Waals surface area contributed by atoms with E-state index in [2.05, 4.69) is 15.4 Å². The van der Waals surface area contributed by atoms with Gasteiger partial charge in [0.2, 0.25) is 0 Å². The van der Waals surface area contributed by atoms with Crippen LogP contribution in [0.3, 0.4) is 0 Å². The quantitative estimate of drug-likeness (QED) is 0.382. The van der Waals surface area contributed by atoms with Crippen LogP contribution in [0.25, 0.3) is 0 Å². The molecule has 1 unspecified atom stereocenters. The first-order chi connectivity index (χ1) is 16.8. The zero-order valence-electron chi connectivity index (χ0n) is 21.4. The van der Waals surface area contributed by atoms with Crippen molar-refractivity contribution in [3.63, 3.8) is 0 Å². The average molecular weight is 512 g/mol. The van der Waals surface area contributed by atoms with Crippen LogP contribution < -0.4 is 26.2 Å². The molecule has 0 aliphatic carbocycles. The van der Waals surface area contributed by atoms with Crippen molar-refractivity contribution in [1.29, 1.82) is 0 Å². The third-order valence-corrected chi connectivity index (χ3v) is 6.79. The van der Waals surface area contributed by atoms with Gasteiger partial charge in [0.1, 0.15) is 28.0 Å². The highest BCUT2D eigenvalue weighted by atomic mass is 32.2. The molecule has 0 heterocycles. The molecule has 3 atom stereocenters. The molecule has 3 aromatic rings. The summed E-state index contributed by atoms with van der Waals surface area (Å²) in [7, 11) is -1.61. The van der Waals surface area contributed by atoms with Crippen molar-refractivity contribution >= 4 is 28.5 Å². The third-order valence-electron chi connectivity index (χ3n) is 5.28. The first-order valence-corrected chi connectivity index (χ1v) is 12.8. The van der Waals surface area contributed by atoms with Crippen molar-refractivity contribution in [3.8, 4) is 0 Å². The molecule has 0 saturated carbocycles. The maximum Gasteiger partial charge on any atom is 0.408 e. The van der Waals surface area contributed by atoms with Gasteiger partial charge in [-0.05, 0) is 52.7 Å². The van der Waals surface area contributed by atoms with Gasteiger partial charge in [-0.1, -0.05) is 60.7 Å². The Kier molecular flexibility index (Phi) is 8.03. The summed E-state index contributed by atoms with van der Waals surface area (Å²) in [6.45, 7) is 10.6. The SMILES string of the molecule is CC(C)(C)OC(=O)N[C@@H](c1ccccc1)[C@@H](Nc1c(NS(=O)C(C)(C)C)c(=O)c1=O)c1ccccc1. The number of alkyl carbamates (subject to hydrolysis) is 1. The van der Waals surface area contributed by atoms with Gasteiger partial charge in [-0.3, -0.25) is 14.3 Å². The molecule has 0 fully saturated rings. The Morgan fingerprint density at radius 3 is 1.72 bits per heavy atom. The molecule has 3 rings (SSSR count). The first kappa shape index (κ1) is 27.1. The molecule has 0 aliphatic heterocycles. The van der Waals surface area contributed by atoms with Gasteiger partial charge >= 0.3 is 6.09 Å². The van der Waals surface area contributed by atoms with Crippen molar-refractivity contribution in [2.24, 2.45) is 0 Å². The average Bonchev–Trinajstić information content (AvgIpc) is 2.81. The lowest BCUT2D eigenvalue weighted by Crippen LogP contribution is -2.43. The zero-order valence-corrected chi connectivity index (χ0v) is 22.2. The summed E-state index contributed by atoms with van der Waals surface area (Å²) in [6, 6.07) is 17.2. The number of hydrogen-bond donors (Lipinski definition) is 3. The van der Waals surface area contributed by atoms with Crippen LogP contribution in [0, 0.1) is 0 Å². The zero-order chi connectivity index (χ0) is 26.7. The van der Waals surface area contributed by atoms with Gasteiger partial charge in [-0.2, -0.15) is 0 Å². The maximum absolute atomic E-state index is 12.8. The normalized spacial score (nSPS) is 14.5. The minimum absolute atomic E-state index is 0.0263. The van der Waals surface area contributed by atoms with Crippen molar-refractivity contribution < 1.29 is 13.7 Å². The lowest BCUT2D eigenvalue weighted by molar-refractivity contribution is 0.0497. The fraction of sp³-hybridized carbons (Fsp3) is 0.370. The van der Waals surface area contributed by atoms with Gasteiger partial charge in [-0.15, -0.1) is 0 Å². The van der Waals surface area contributed by atoms with E-state index in [-0.39, 0.29) is 11.4 Å². The summed E-state index contributed by atoms with van der Waals surface area (Å²) in [4.78, 5) is 37.8. The number of rotatable bonds is 8. The number of hydrogen-bond acceptors (Lipinski definition) is 6. The molecule has 0 aromatic heterocycles. The van der Waals surface area contributed by atoms with E-state index in [1.165, 1.54) is 0 Å². The van der Waals surface area contributed by atoms with Crippen LogP contribution in [0.1, 0.15) is 64.8 Å². The number of carbonyl (C=O) groups is 1. The molecule has 0 saturated heterocycles. The fourth-order valence-corrected chi connectivity index (χ4v) is 4.19.